The second-order valence-corrected chi connectivity index (χ2v) is 7.25. The Morgan fingerprint density at radius 3 is 2.58 bits per heavy atom. The third-order valence-electron chi connectivity index (χ3n) is 3.10. The van der Waals surface area contributed by atoms with Crippen LogP contribution in [-0.2, 0) is 16.6 Å². The molecule has 0 radical (unpaired) electrons. The lowest BCUT2D eigenvalue weighted by Gasteiger charge is -2.21. The van der Waals surface area contributed by atoms with E-state index >= 15 is 0 Å². The lowest BCUT2D eigenvalue weighted by molar-refractivity contribution is 0.274. The van der Waals surface area contributed by atoms with Crippen molar-refractivity contribution in [3.8, 4) is 0 Å². The molecule has 0 spiro atoms. The van der Waals surface area contributed by atoms with Gasteiger partial charge in [-0.1, -0.05) is 22.9 Å². The highest BCUT2D eigenvalue weighted by atomic mass is 79.9. The van der Waals surface area contributed by atoms with E-state index in [1.165, 1.54) is 16.4 Å². The number of benzene rings is 1. The topological polar surface area (TPSA) is 57.6 Å². The van der Waals surface area contributed by atoms with Crippen LogP contribution in [0.2, 0.25) is 0 Å². The summed E-state index contributed by atoms with van der Waals surface area (Å²) >= 11 is 3.14. The minimum absolute atomic E-state index is 0.0223. The molecule has 19 heavy (non-hydrogen) atoms. The summed E-state index contributed by atoms with van der Waals surface area (Å²) in [6, 6.07) is 2.60. The molecule has 0 aliphatic heterocycles. The van der Waals surface area contributed by atoms with Crippen molar-refractivity contribution in [3.05, 3.63) is 28.0 Å². The van der Waals surface area contributed by atoms with Crippen molar-refractivity contribution in [3.63, 3.8) is 0 Å². The number of nitrogens with zero attached hydrogens (tertiary/aromatic N) is 1. The molecule has 0 aromatic heterocycles. The van der Waals surface area contributed by atoms with Gasteiger partial charge >= 0.3 is 0 Å². The number of hydrogen-bond donors (Lipinski definition) is 1. The molecule has 0 atom stereocenters. The molecule has 1 aromatic rings. The molecule has 1 fully saturated rings. The molecule has 1 N–H and O–H groups in total. The molecule has 106 valence electrons. The molecule has 1 aromatic carbocycles. The van der Waals surface area contributed by atoms with E-state index in [9.17, 15) is 12.8 Å². The molecule has 0 unspecified atom stereocenters. The van der Waals surface area contributed by atoms with E-state index in [4.69, 9.17) is 5.11 Å². The molecule has 0 bridgehead atoms. The Labute approximate surface area is 120 Å². The number of sulfonamides is 1. The summed E-state index contributed by atoms with van der Waals surface area (Å²) in [5.41, 5.74) is -0.0280. The monoisotopic (exact) mass is 351 g/mol. The lowest BCUT2D eigenvalue weighted by atomic mass is 10.2. The van der Waals surface area contributed by atoms with Crippen molar-refractivity contribution < 1.29 is 17.9 Å². The van der Waals surface area contributed by atoms with Gasteiger partial charge in [-0.25, -0.2) is 12.8 Å². The Morgan fingerprint density at radius 2 is 2.11 bits per heavy atom. The fraction of sp³-hybridized carbons (Fsp3) is 0.500. The Bertz CT molecular complexity index is 587. The second kappa shape index (κ2) is 5.47. The van der Waals surface area contributed by atoms with Gasteiger partial charge in [-0.05, 0) is 25.0 Å². The minimum Gasteiger partial charge on any atom is -0.392 e. The van der Waals surface area contributed by atoms with Crippen LogP contribution in [-0.4, -0.2) is 30.4 Å². The Morgan fingerprint density at radius 1 is 1.47 bits per heavy atom. The standard InChI is InChI=1S/C12H15BrFNO3S/c1-2-15(10-3-4-10)19(17,18)11-6-9(13)5-8(7-16)12(11)14/h5-6,10,16H,2-4,7H2,1H3. The van der Waals surface area contributed by atoms with Crippen molar-refractivity contribution in [2.24, 2.45) is 0 Å². The number of rotatable bonds is 5. The maximum absolute atomic E-state index is 14.1. The van der Waals surface area contributed by atoms with E-state index in [0.29, 0.717) is 11.0 Å². The van der Waals surface area contributed by atoms with Gasteiger partial charge in [0.25, 0.3) is 0 Å². The van der Waals surface area contributed by atoms with E-state index < -0.39 is 22.4 Å². The summed E-state index contributed by atoms with van der Waals surface area (Å²) in [6.07, 6.45) is 1.63. The zero-order chi connectivity index (χ0) is 14.2. The summed E-state index contributed by atoms with van der Waals surface area (Å²) in [5.74, 6) is -0.871. The van der Waals surface area contributed by atoms with Crippen LogP contribution in [0.25, 0.3) is 0 Å². The van der Waals surface area contributed by atoms with Crippen LogP contribution in [0.5, 0.6) is 0 Å². The van der Waals surface area contributed by atoms with Crippen LogP contribution >= 0.6 is 15.9 Å². The van der Waals surface area contributed by atoms with E-state index in [-0.39, 0.29) is 16.5 Å². The predicted octanol–water partition coefficient (Wildman–Crippen LogP) is 2.25. The van der Waals surface area contributed by atoms with Gasteiger partial charge < -0.3 is 5.11 Å². The number of halogens is 2. The van der Waals surface area contributed by atoms with Crippen molar-refractivity contribution in [1.29, 1.82) is 0 Å². The Hall–Kier alpha value is -0.500. The smallest absolute Gasteiger partial charge is 0.246 e. The summed E-state index contributed by atoms with van der Waals surface area (Å²) < 4.78 is 40.8. The van der Waals surface area contributed by atoms with Gasteiger partial charge in [0.1, 0.15) is 10.7 Å². The number of aliphatic hydroxyl groups excluding tert-OH is 1. The molecule has 0 saturated heterocycles. The first-order chi connectivity index (χ1) is 8.91. The van der Waals surface area contributed by atoms with Crippen LogP contribution in [0.1, 0.15) is 25.3 Å². The van der Waals surface area contributed by atoms with Crippen molar-refractivity contribution in [1.82, 2.24) is 4.31 Å². The first-order valence-electron chi connectivity index (χ1n) is 6.02. The fourth-order valence-corrected chi connectivity index (χ4v) is 4.52. The third-order valence-corrected chi connectivity index (χ3v) is 5.59. The zero-order valence-electron chi connectivity index (χ0n) is 10.4. The molecule has 0 heterocycles. The first kappa shape index (κ1) is 14.9. The van der Waals surface area contributed by atoms with Gasteiger partial charge in [0.2, 0.25) is 10.0 Å². The summed E-state index contributed by atoms with van der Waals surface area (Å²) in [5, 5.41) is 9.08. The SMILES string of the molecule is CCN(C1CC1)S(=O)(=O)c1cc(Br)cc(CO)c1F. The van der Waals surface area contributed by atoms with E-state index in [0.717, 1.165) is 12.8 Å². The molecule has 2 rings (SSSR count). The Kier molecular flexibility index (Phi) is 4.29. The molecule has 0 amide bonds. The van der Waals surface area contributed by atoms with E-state index in [1.807, 2.05) is 0 Å². The van der Waals surface area contributed by atoms with Gasteiger partial charge in [0.15, 0.2) is 0 Å². The average Bonchev–Trinajstić information content (AvgIpc) is 3.16. The number of aliphatic hydroxyl groups is 1. The maximum atomic E-state index is 14.1. The van der Waals surface area contributed by atoms with Gasteiger partial charge in [0, 0.05) is 22.6 Å². The van der Waals surface area contributed by atoms with Gasteiger partial charge in [-0.3, -0.25) is 0 Å². The summed E-state index contributed by atoms with van der Waals surface area (Å²) in [7, 11) is -3.86. The van der Waals surface area contributed by atoms with Crippen molar-refractivity contribution >= 4 is 26.0 Å². The van der Waals surface area contributed by atoms with Crippen LogP contribution in [0.3, 0.4) is 0 Å². The normalized spacial score (nSPS) is 16.1. The van der Waals surface area contributed by atoms with Gasteiger partial charge in [0.05, 0.1) is 6.61 Å². The van der Waals surface area contributed by atoms with Gasteiger partial charge in [-0.2, -0.15) is 4.31 Å². The molecule has 1 aliphatic rings. The van der Waals surface area contributed by atoms with Crippen LogP contribution in [0.15, 0.2) is 21.5 Å². The molecule has 4 nitrogen and oxygen atoms in total. The van der Waals surface area contributed by atoms with Crippen molar-refractivity contribution in [2.75, 3.05) is 6.54 Å². The van der Waals surface area contributed by atoms with E-state index in [1.54, 1.807) is 6.92 Å². The fourth-order valence-electron chi connectivity index (χ4n) is 2.03. The van der Waals surface area contributed by atoms with Crippen LogP contribution in [0.4, 0.5) is 4.39 Å². The molecule has 7 heteroatoms. The van der Waals surface area contributed by atoms with Gasteiger partial charge in [-0.15, -0.1) is 0 Å². The second-order valence-electron chi connectivity index (χ2n) is 4.47. The van der Waals surface area contributed by atoms with Crippen molar-refractivity contribution in [2.45, 2.75) is 37.3 Å². The number of hydrogen-bond acceptors (Lipinski definition) is 3. The largest absolute Gasteiger partial charge is 0.392 e. The molecule has 1 aliphatic carbocycles. The highest BCUT2D eigenvalue weighted by Crippen LogP contribution is 2.34. The third kappa shape index (κ3) is 2.84. The van der Waals surface area contributed by atoms with Crippen LogP contribution < -0.4 is 0 Å². The van der Waals surface area contributed by atoms with E-state index in [2.05, 4.69) is 15.9 Å². The molecule has 1 saturated carbocycles. The first-order valence-corrected chi connectivity index (χ1v) is 8.25. The quantitative estimate of drug-likeness (QED) is 0.884. The average molecular weight is 352 g/mol. The summed E-state index contributed by atoms with van der Waals surface area (Å²) in [4.78, 5) is -0.375. The minimum atomic E-state index is -3.86. The lowest BCUT2D eigenvalue weighted by Crippen LogP contribution is -2.33. The van der Waals surface area contributed by atoms with Crippen LogP contribution in [0, 0.1) is 5.82 Å². The maximum Gasteiger partial charge on any atom is 0.246 e. The highest BCUT2D eigenvalue weighted by molar-refractivity contribution is 9.10. The molecular formula is C12H15BrFNO3S. The predicted molar refractivity (Wildman–Crippen MR) is 72.6 cm³/mol. The zero-order valence-corrected chi connectivity index (χ0v) is 12.8. The Balaban J connectivity index is 2.53. The summed E-state index contributed by atoms with van der Waals surface area (Å²) in [6.45, 7) is 1.51. The molecular weight excluding hydrogens is 337 g/mol. The highest BCUT2D eigenvalue weighted by Gasteiger charge is 2.38.